The molecule has 0 saturated heterocycles. The van der Waals surface area contributed by atoms with Crippen LogP contribution in [-0.4, -0.2) is 29.1 Å². The van der Waals surface area contributed by atoms with E-state index < -0.39 is 23.3 Å². The lowest BCUT2D eigenvalue weighted by Gasteiger charge is -2.28. The van der Waals surface area contributed by atoms with Crippen LogP contribution in [0.5, 0.6) is 11.5 Å². The molecule has 0 bridgehead atoms. The van der Waals surface area contributed by atoms with Gasteiger partial charge >= 0.3 is 0 Å². The summed E-state index contributed by atoms with van der Waals surface area (Å²) >= 11 is 0. The molecule has 1 aromatic heterocycles. The largest absolute Gasteiger partial charge is 0.490 e. The minimum absolute atomic E-state index is 0.127. The molecule has 0 aliphatic carbocycles. The number of nitrogens with zero attached hydrogens (tertiary/aromatic N) is 2. The van der Waals surface area contributed by atoms with Gasteiger partial charge in [-0.15, -0.1) is 0 Å². The molecular weight excluding hydrogens is 422 g/mol. The van der Waals surface area contributed by atoms with Gasteiger partial charge in [-0.1, -0.05) is 23.8 Å². The summed E-state index contributed by atoms with van der Waals surface area (Å²) < 4.78 is 11.4. The van der Waals surface area contributed by atoms with E-state index in [9.17, 15) is 14.9 Å². The Morgan fingerprint density at radius 1 is 1.09 bits per heavy atom. The minimum atomic E-state index is -1.10. The van der Waals surface area contributed by atoms with Crippen molar-refractivity contribution < 1.29 is 14.3 Å². The lowest BCUT2D eigenvalue weighted by Crippen LogP contribution is -2.38. The highest BCUT2D eigenvalue weighted by atomic mass is 16.5. The maximum atomic E-state index is 13.2. The zero-order chi connectivity index (χ0) is 22.9. The number of aromatic amines is 1. The number of carbonyl (C=O) groups excluding carboxylic acids is 1. The molecule has 0 spiro atoms. The maximum Gasteiger partial charge on any atom is 0.258 e. The van der Waals surface area contributed by atoms with Crippen molar-refractivity contribution in [2.75, 3.05) is 23.8 Å². The number of aromatic nitrogens is 2. The lowest BCUT2D eigenvalue weighted by molar-refractivity contribution is -0.119. The molecule has 1 amide bonds. The van der Waals surface area contributed by atoms with Gasteiger partial charge in [0.2, 0.25) is 11.9 Å². The number of carbonyl (C=O) groups is 1. The van der Waals surface area contributed by atoms with Crippen molar-refractivity contribution in [3.05, 3.63) is 69.5 Å². The first-order valence-electron chi connectivity index (χ1n) is 10.6. The molecular formula is C24H21N5O4. The van der Waals surface area contributed by atoms with Gasteiger partial charge in [0.05, 0.1) is 24.8 Å². The first kappa shape index (κ1) is 20.6. The van der Waals surface area contributed by atoms with Crippen LogP contribution in [-0.2, 0) is 4.79 Å². The normalized spacial score (nSPS) is 19.0. The first-order chi connectivity index (χ1) is 16.0. The fraction of sp³-hybridized carbons (Fsp3) is 0.250. The SMILES string of the molecule is Cc1ccc(Nc2nc3c(c(=O)[nH]2)C(c2ccc4c(c2)OCCCO4)C(C#N)C(=O)N3)cc1. The quantitative estimate of drug-likeness (QED) is 0.567. The smallest absolute Gasteiger partial charge is 0.258 e. The van der Waals surface area contributed by atoms with Crippen LogP contribution in [0.1, 0.15) is 29.0 Å². The fourth-order valence-corrected chi connectivity index (χ4v) is 4.08. The number of aryl methyl sites for hydroxylation is 1. The molecule has 3 heterocycles. The summed E-state index contributed by atoms with van der Waals surface area (Å²) in [5.41, 5.74) is 2.23. The van der Waals surface area contributed by atoms with E-state index >= 15 is 0 Å². The third-order valence-corrected chi connectivity index (χ3v) is 5.71. The summed E-state index contributed by atoms with van der Waals surface area (Å²) in [4.78, 5) is 33.1. The number of nitriles is 1. The summed E-state index contributed by atoms with van der Waals surface area (Å²) in [7, 11) is 0. The Labute approximate surface area is 189 Å². The number of rotatable bonds is 3. The van der Waals surface area contributed by atoms with E-state index in [4.69, 9.17) is 9.47 Å². The summed E-state index contributed by atoms with van der Waals surface area (Å²) in [6, 6.07) is 14.8. The highest BCUT2D eigenvalue weighted by Crippen LogP contribution is 2.41. The predicted molar refractivity (Wildman–Crippen MR) is 121 cm³/mol. The van der Waals surface area contributed by atoms with E-state index in [2.05, 4.69) is 20.6 Å². The number of benzene rings is 2. The van der Waals surface area contributed by atoms with Crippen LogP contribution in [0.2, 0.25) is 0 Å². The number of fused-ring (bicyclic) bond motifs is 2. The summed E-state index contributed by atoms with van der Waals surface area (Å²) in [6.45, 7) is 3.02. The Balaban J connectivity index is 1.58. The second-order valence-corrected chi connectivity index (χ2v) is 8.00. The molecule has 2 aliphatic heterocycles. The zero-order valence-corrected chi connectivity index (χ0v) is 17.8. The van der Waals surface area contributed by atoms with Gasteiger partial charge in [0.15, 0.2) is 11.5 Å². The van der Waals surface area contributed by atoms with Crippen molar-refractivity contribution in [2.45, 2.75) is 19.3 Å². The van der Waals surface area contributed by atoms with Crippen LogP contribution in [0.25, 0.3) is 0 Å². The number of H-pyrrole nitrogens is 1. The van der Waals surface area contributed by atoms with Crippen molar-refractivity contribution in [1.82, 2.24) is 9.97 Å². The Hall–Kier alpha value is -4.32. The van der Waals surface area contributed by atoms with Crippen LogP contribution < -0.4 is 25.7 Å². The molecule has 9 heteroatoms. The summed E-state index contributed by atoms with van der Waals surface area (Å²) in [5.74, 6) is -0.980. The summed E-state index contributed by atoms with van der Waals surface area (Å²) in [6.07, 6.45) is 0.750. The van der Waals surface area contributed by atoms with Crippen LogP contribution >= 0.6 is 0 Å². The third-order valence-electron chi connectivity index (χ3n) is 5.71. The van der Waals surface area contributed by atoms with Gasteiger partial charge in [0.1, 0.15) is 11.7 Å². The van der Waals surface area contributed by atoms with Gasteiger partial charge in [-0.25, -0.2) is 0 Å². The number of ether oxygens (including phenoxy) is 2. The topological polar surface area (TPSA) is 129 Å². The second-order valence-electron chi connectivity index (χ2n) is 8.00. The van der Waals surface area contributed by atoms with Crippen molar-refractivity contribution >= 4 is 23.4 Å². The standard InChI is InChI=1S/C24H21N5O4/c1-13-3-6-15(7-4-13)26-24-28-21-20(23(31)29-24)19(16(12-25)22(30)27-21)14-5-8-17-18(11-14)33-10-2-9-32-17/h3-8,11,16,19H,2,9-10H2,1H3,(H3,26,27,28,29,30,31). The van der Waals surface area contributed by atoms with Crippen molar-refractivity contribution in [1.29, 1.82) is 5.26 Å². The molecule has 166 valence electrons. The van der Waals surface area contributed by atoms with Gasteiger partial charge in [-0.05, 0) is 36.8 Å². The van der Waals surface area contributed by atoms with Gasteiger partial charge in [-0.3, -0.25) is 14.6 Å². The second kappa shape index (κ2) is 8.31. The fourth-order valence-electron chi connectivity index (χ4n) is 4.08. The van der Waals surface area contributed by atoms with Crippen molar-refractivity contribution in [2.24, 2.45) is 5.92 Å². The lowest BCUT2D eigenvalue weighted by atomic mass is 9.79. The van der Waals surface area contributed by atoms with Gasteiger partial charge in [-0.2, -0.15) is 10.2 Å². The van der Waals surface area contributed by atoms with Crippen molar-refractivity contribution in [3.8, 4) is 17.6 Å². The number of amides is 1. The third kappa shape index (κ3) is 3.87. The number of hydrogen-bond acceptors (Lipinski definition) is 7. The van der Waals surface area contributed by atoms with E-state index in [0.29, 0.717) is 30.3 Å². The van der Waals surface area contributed by atoms with Crippen LogP contribution in [0.15, 0.2) is 47.3 Å². The molecule has 2 atom stereocenters. The van der Waals surface area contributed by atoms with Crippen LogP contribution in [0.3, 0.4) is 0 Å². The molecule has 5 rings (SSSR count). The van der Waals surface area contributed by atoms with E-state index in [0.717, 1.165) is 17.7 Å². The number of anilines is 3. The van der Waals surface area contributed by atoms with Crippen LogP contribution in [0.4, 0.5) is 17.5 Å². The Morgan fingerprint density at radius 2 is 1.85 bits per heavy atom. The van der Waals surface area contributed by atoms with Gasteiger partial charge < -0.3 is 20.1 Å². The predicted octanol–water partition coefficient (Wildman–Crippen LogP) is 3.21. The Kier molecular flexibility index (Phi) is 5.18. The van der Waals surface area contributed by atoms with Crippen molar-refractivity contribution in [3.63, 3.8) is 0 Å². The van der Waals surface area contributed by atoms with E-state index in [1.807, 2.05) is 37.3 Å². The monoisotopic (exact) mass is 443 g/mol. The Bertz CT molecular complexity index is 1330. The highest BCUT2D eigenvalue weighted by molar-refractivity contribution is 5.98. The van der Waals surface area contributed by atoms with E-state index in [-0.39, 0.29) is 17.3 Å². The zero-order valence-electron chi connectivity index (χ0n) is 17.8. The highest BCUT2D eigenvalue weighted by Gasteiger charge is 2.40. The molecule has 0 saturated carbocycles. The average molecular weight is 443 g/mol. The molecule has 33 heavy (non-hydrogen) atoms. The summed E-state index contributed by atoms with van der Waals surface area (Å²) in [5, 5.41) is 15.4. The molecule has 3 aromatic rings. The number of nitrogens with one attached hydrogen (secondary N) is 3. The molecule has 2 aromatic carbocycles. The van der Waals surface area contributed by atoms with E-state index in [1.54, 1.807) is 18.2 Å². The molecule has 9 nitrogen and oxygen atoms in total. The Morgan fingerprint density at radius 3 is 2.61 bits per heavy atom. The maximum absolute atomic E-state index is 13.2. The molecule has 2 unspecified atom stereocenters. The van der Waals surface area contributed by atoms with Gasteiger partial charge in [0.25, 0.3) is 5.56 Å². The van der Waals surface area contributed by atoms with E-state index in [1.165, 1.54) is 0 Å². The molecule has 3 N–H and O–H groups in total. The molecule has 0 radical (unpaired) electrons. The van der Waals surface area contributed by atoms with Crippen LogP contribution in [0, 0.1) is 24.2 Å². The van der Waals surface area contributed by atoms with Gasteiger partial charge in [0, 0.05) is 18.0 Å². The molecule has 2 aliphatic rings. The number of hydrogen-bond donors (Lipinski definition) is 3. The molecule has 0 fully saturated rings. The average Bonchev–Trinajstić information content (AvgIpc) is 3.04. The first-order valence-corrected chi connectivity index (χ1v) is 10.6. The minimum Gasteiger partial charge on any atom is -0.490 e.